The van der Waals surface area contributed by atoms with E-state index in [2.05, 4.69) is 42.4 Å². The summed E-state index contributed by atoms with van der Waals surface area (Å²) in [7, 11) is 1.84. The second kappa shape index (κ2) is 9.94. The van der Waals surface area contributed by atoms with Crippen LogP contribution in [0.2, 0.25) is 0 Å². The normalized spacial score (nSPS) is 11.0. The van der Waals surface area contributed by atoms with Gasteiger partial charge < -0.3 is 10.1 Å². The van der Waals surface area contributed by atoms with E-state index in [0.717, 1.165) is 41.7 Å². The molecule has 11 heteroatoms. The van der Waals surface area contributed by atoms with Crippen LogP contribution in [-0.2, 0) is 13.6 Å². The molecular formula is C19H21N9OS. The Hall–Kier alpha value is -3.31. The highest BCUT2D eigenvalue weighted by Crippen LogP contribution is 2.22. The van der Waals surface area contributed by atoms with Crippen molar-refractivity contribution in [3.63, 3.8) is 0 Å². The molecule has 4 rings (SSSR count). The quantitative estimate of drug-likeness (QED) is 0.303. The fourth-order valence-corrected chi connectivity index (χ4v) is 3.52. The molecule has 0 aliphatic rings. The number of ether oxygens (including phenoxy) is 1. The number of thioether (sulfide) groups is 1. The second-order valence-electron chi connectivity index (χ2n) is 6.42. The number of rotatable bonds is 10. The van der Waals surface area contributed by atoms with Gasteiger partial charge in [-0.3, -0.25) is 0 Å². The molecule has 0 bridgehead atoms. The molecular weight excluding hydrogens is 402 g/mol. The molecule has 2 heterocycles. The van der Waals surface area contributed by atoms with Crippen molar-refractivity contribution in [2.24, 2.45) is 7.05 Å². The lowest BCUT2D eigenvalue weighted by Gasteiger charge is -2.08. The van der Waals surface area contributed by atoms with E-state index < -0.39 is 0 Å². The summed E-state index contributed by atoms with van der Waals surface area (Å²) < 4.78 is 9.16. The Balaban J connectivity index is 1.27. The Labute approximate surface area is 177 Å². The Morgan fingerprint density at radius 3 is 2.70 bits per heavy atom. The first kappa shape index (κ1) is 20.0. The van der Waals surface area contributed by atoms with Crippen molar-refractivity contribution < 1.29 is 4.74 Å². The first-order valence-corrected chi connectivity index (χ1v) is 10.4. The summed E-state index contributed by atoms with van der Waals surface area (Å²) in [5.74, 6) is 1.64. The molecule has 0 radical (unpaired) electrons. The molecule has 0 amide bonds. The zero-order chi connectivity index (χ0) is 20.6. The van der Waals surface area contributed by atoms with Crippen LogP contribution in [0.5, 0.6) is 11.8 Å². The molecule has 4 aromatic rings. The Morgan fingerprint density at radius 1 is 1.00 bits per heavy atom. The molecule has 0 atom stereocenters. The van der Waals surface area contributed by atoms with Gasteiger partial charge in [0.05, 0.1) is 5.69 Å². The van der Waals surface area contributed by atoms with Crippen molar-refractivity contribution in [1.29, 1.82) is 0 Å². The molecule has 0 aliphatic carbocycles. The van der Waals surface area contributed by atoms with E-state index in [1.54, 1.807) is 21.1 Å². The van der Waals surface area contributed by atoms with Crippen LogP contribution in [0, 0.1) is 0 Å². The van der Waals surface area contributed by atoms with Gasteiger partial charge >= 0.3 is 6.01 Å². The molecule has 154 valence electrons. The second-order valence-corrected chi connectivity index (χ2v) is 7.48. The zero-order valence-corrected chi connectivity index (χ0v) is 17.2. The molecule has 2 aromatic carbocycles. The smallest absolute Gasteiger partial charge is 0.345 e. The topological polar surface area (TPSA) is 108 Å². The van der Waals surface area contributed by atoms with Gasteiger partial charge in [0.1, 0.15) is 5.75 Å². The highest BCUT2D eigenvalue weighted by Gasteiger charge is 2.10. The molecule has 0 unspecified atom stereocenters. The SMILES string of the molecule is Cn1nnnc1SCCCNCc1cccc(Oc2nnnn2-c2ccccc2)c1. The van der Waals surface area contributed by atoms with Crippen LogP contribution < -0.4 is 10.1 Å². The number of nitrogens with one attached hydrogen (secondary N) is 1. The lowest BCUT2D eigenvalue weighted by Crippen LogP contribution is -2.15. The van der Waals surface area contributed by atoms with Crippen LogP contribution in [0.3, 0.4) is 0 Å². The van der Waals surface area contributed by atoms with E-state index in [9.17, 15) is 0 Å². The predicted octanol–water partition coefficient (Wildman–Crippen LogP) is 2.25. The van der Waals surface area contributed by atoms with Crippen LogP contribution in [0.1, 0.15) is 12.0 Å². The minimum atomic E-state index is 0.321. The lowest BCUT2D eigenvalue weighted by atomic mass is 10.2. The summed E-state index contributed by atoms with van der Waals surface area (Å²) in [4.78, 5) is 0. The third-order valence-electron chi connectivity index (χ3n) is 4.19. The highest BCUT2D eigenvalue weighted by molar-refractivity contribution is 7.99. The van der Waals surface area contributed by atoms with Gasteiger partial charge in [-0.05, 0) is 63.6 Å². The molecule has 0 fully saturated rings. The molecule has 0 aliphatic heterocycles. The fraction of sp³-hybridized carbons (Fsp3) is 0.263. The maximum absolute atomic E-state index is 5.92. The highest BCUT2D eigenvalue weighted by atomic mass is 32.2. The monoisotopic (exact) mass is 423 g/mol. The molecule has 30 heavy (non-hydrogen) atoms. The van der Waals surface area contributed by atoms with Gasteiger partial charge in [0.25, 0.3) is 0 Å². The average molecular weight is 424 g/mol. The molecule has 2 aromatic heterocycles. The maximum atomic E-state index is 5.92. The van der Waals surface area contributed by atoms with Crippen molar-refractivity contribution >= 4 is 11.8 Å². The number of hydrogen-bond acceptors (Lipinski definition) is 9. The molecule has 0 spiro atoms. The summed E-state index contributed by atoms with van der Waals surface area (Å²) in [6.45, 7) is 1.65. The van der Waals surface area contributed by atoms with Crippen molar-refractivity contribution in [3.8, 4) is 17.4 Å². The van der Waals surface area contributed by atoms with E-state index in [1.165, 1.54) is 0 Å². The third kappa shape index (κ3) is 5.19. The van der Waals surface area contributed by atoms with Gasteiger partial charge in [0.15, 0.2) is 0 Å². The Morgan fingerprint density at radius 2 is 1.87 bits per heavy atom. The van der Waals surface area contributed by atoms with Crippen LogP contribution in [0.25, 0.3) is 5.69 Å². The van der Waals surface area contributed by atoms with Gasteiger partial charge in [-0.15, -0.1) is 5.10 Å². The van der Waals surface area contributed by atoms with E-state index in [4.69, 9.17) is 4.74 Å². The van der Waals surface area contributed by atoms with Crippen molar-refractivity contribution in [2.75, 3.05) is 12.3 Å². The number of nitrogens with zero attached hydrogens (tertiary/aromatic N) is 8. The summed E-state index contributed by atoms with van der Waals surface area (Å²) in [6, 6.07) is 17.8. The van der Waals surface area contributed by atoms with Gasteiger partial charge in [0.2, 0.25) is 5.16 Å². The van der Waals surface area contributed by atoms with Crippen LogP contribution in [0.4, 0.5) is 0 Å². The van der Waals surface area contributed by atoms with Gasteiger partial charge in [-0.1, -0.05) is 47.2 Å². The molecule has 0 saturated heterocycles. The minimum Gasteiger partial charge on any atom is -0.423 e. The molecule has 10 nitrogen and oxygen atoms in total. The molecule has 1 N–H and O–H groups in total. The minimum absolute atomic E-state index is 0.321. The number of aromatic nitrogens is 8. The number of para-hydroxylation sites is 1. The molecule has 0 saturated carbocycles. The first-order valence-electron chi connectivity index (χ1n) is 9.46. The van der Waals surface area contributed by atoms with Gasteiger partial charge in [-0.25, -0.2) is 4.68 Å². The largest absolute Gasteiger partial charge is 0.423 e. The Kier molecular flexibility index (Phi) is 6.62. The number of aryl methyl sites for hydroxylation is 1. The average Bonchev–Trinajstić information content (AvgIpc) is 3.40. The number of hydrogen-bond donors (Lipinski definition) is 1. The summed E-state index contributed by atoms with van der Waals surface area (Å²) in [5, 5.41) is 27.4. The zero-order valence-electron chi connectivity index (χ0n) is 16.4. The summed E-state index contributed by atoms with van der Waals surface area (Å²) >= 11 is 1.65. The summed E-state index contributed by atoms with van der Waals surface area (Å²) in [6.07, 6.45) is 1.01. The van der Waals surface area contributed by atoms with Crippen LogP contribution >= 0.6 is 11.8 Å². The van der Waals surface area contributed by atoms with E-state index in [-0.39, 0.29) is 0 Å². The van der Waals surface area contributed by atoms with Crippen molar-refractivity contribution in [1.82, 2.24) is 45.7 Å². The Bertz CT molecular complexity index is 1070. The van der Waals surface area contributed by atoms with Crippen LogP contribution in [-0.4, -0.2) is 52.7 Å². The van der Waals surface area contributed by atoms with Crippen molar-refractivity contribution in [2.45, 2.75) is 18.1 Å². The van der Waals surface area contributed by atoms with E-state index >= 15 is 0 Å². The number of benzene rings is 2. The van der Waals surface area contributed by atoms with Crippen molar-refractivity contribution in [3.05, 3.63) is 60.2 Å². The first-order chi connectivity index (χ1) is 14.8. The summed E-state index contributed by atoms with van der Waals surface area (Å²) in [5.41, 5.74) is 1.96. The standard InChI is InChI=1S/C19H21N9OS/c1-27-19(22-24-25-27)30-12-6-11-20-14-15-7-5-10-17(13-15)29-18-21-23-26-28(18)16-8-3-2-4-9-16/h2-5,7-10,13,20H,6,11-12,14H2,1H3. The van der Waals surface area contributed by atoms with E-state index in [0.29, 0.717) is 11.8 Å². The van der Waals surface area contributed by atoms with Gasteiger partial charge in [0, 0.05) is 19.3 Å². The van der Waals surface area contributed by atoms with E-state index in [1.807, 2.05) is 55.6 Å². The third-order valence-corrected chi connectivity index (χ3v) is 5.29. The lowest BCUT2D eigenvalue weighted by molar-refractivity contribution is 0.426. The maximum Gasteiger partial charge on any atom is 0.345 e. The fourth-order valence-electron chi connectivity index (χ4n) is 2.74. The van der Waals surface area contributed by atoms with Gasteiger partial charge in [-0.2, -0.15) is 4.68 Å². The number of tetrazole rings is 2. The predicted molar refractivity (Wildman–Crippen MR) is 112 cm³/mol. The van der Waals surface area contributed by atoms with Crippen LogP contribution in [0.15, 0.2) is 59.8 Å².